The molecule has 0 atom stereocenters. The molecule has 1 heterocycles. The van der Waals surface area contributed by atoms with Crippen molar-refractivity contribution in [3.05, 3.63) is 46.9 Å². The molecule has 0 unspecified atom stereocenters. The van der Waals surface area contributed by atoms with Gasteiger partial charge >= 0.3 is 5.97 Å². The molecule has 0 aliphatic heterocycles. The second kappa shape index (κ2) is 8.42. The molecule has 0 fully saturated rings. The smallest absolute Gasteiger partial charge is 0.323 e. The first-order valence-corrected chi connectivity index (χ1v) is 8.20. The molecule has 0 spiro atoms. The largest absolute Gasteiger partial charge is 0.497 e. The van der Waals surface area contributed by atoms with Crippen molar-refractivity contribution in [2.75, 3.05) is 20.8 Å². The summed E-state index contributed by atoms with van der Waals surface area (Å²) in [6, 6.07) is 6.81. The van der Waals surface area contributed by atoms with E-state index in [0.717, 1.165) is 5.56 Å². The number of hydrogen-bond donors (Lipinski definition) is 1. The zero-order chi connectivity index (χ0) is 19.3. The first-order chi connectivity index (χ1) is 12.4. The summed E-state index contributed by atoms with van der Waals surface area (Å²) in [5.41, 5.74) is 1.56. The van der Waals surface area contributed by atoms with Gasteiger partial charge in [-0.15, -0.1) is 0 Å². The quantitative estimate of drug-likeness (QED) is 0.778. The molecular weight excluding hydrogens is 338 g/mol. The molecule has 0 saturated heterocycles. The molecule has 1 N–H and O–H groups in total. The number of carboxylic acids is 1. The average Bonchev–Trinajstić information content (AvgIpc) is 3.00. The number of benzene rings is 1. The van der Waals surface area contributed by atoms with Crippen molar-refractivity contribution in [3.63, 3.8) is 0 Å². The van der Waals surface area contributed by atoms with E-state index in [9.17, 15) is 14.7 Å². The first kappa shape index (κ1) is 19.4. The minimum atomic E-state index is -1.10. The van der Waals surface area contributed by atoms with Crippen LogP contribution in [0.1, 0.15) is 34.4 Å². The van der Waals surface area contributed by atoms with Crippen LogP contribution in [0.3, 0.4) is 0 Å². The number of nitrogens with zero attached hydrogens (tertiary/aromatic N) is 1. The predicted molar refractivity (Wildman–Crippen MR) is 94.7 cm³/mol. The van der Waals surface area contributed by atoms with Gasteiger partial charge in [0.2, 0.25) is 0 Å². The van der Waals surface area contributed by atoms with Gasteiger partial charge in [-0.3, -0.25) is 9.59 Å². The summed E-state index contributed by atoms with van der Waals surface area (Å²) < 4.78 is 16.0. The van der Waals surface area contributed by atoms with Crippen molar-refractivity contribution in [2.24, 2.45) is 0 Å². The highest BCUT2D eigenvalue weighted by Gasteiger charge is 2.23. The fourth-order valence-corrected chi connectivity index (χ4v) is 2.67. The van der Waals surface area contributed by atoms with Crippen LogP contribution in [0.15, 0.2) is 28.7 Å². The summed E-state index contributed by atoms with van der Waals surface area (Å²) in [7, 11) is 3.05. The zero-order valence-corrected chi connectivity index (χ0v) is 15.4. The Kier molecular flexibility index (Phi) is 6.27. The Labute approximate surface area is 152 Å². The molecular formula is C19H23NO6. The third-order valence-corrected chi connectivity index (χ3v) is 3.95. The van der Waals surface area contributed by atoms with Crippen LogP contribution < -0.4 is 9.47 Å². The van der Waals surface area contributed by atoms with Crippen molar-refractivity contribution in [1.82, 2.24) is 4.90 Å². The molecule has 1 amide bonds. The van der Waals surface area contributed by atoms with Gasteiger partial charge in [-0.25, -0.2) is 0 Å². The third-order valence-electron chi connectivity index (χ3n) is 3.95. The summed E-state index contributed by atoms with van der Waals surface area (Å²) in [4.78, 5) is 25.2. The summed E-state index contributed by atoms with van der Waals surface area (Å²) in [5, 5.41) is 9.19. The van der Waals surface area contributed by atoms with Gasteiger partial charge in [-0.2, -0.15) is 0 Å². The molecule has 0 saturated carbocycles. The predicted octanol–water partition coefficient (Wildman–Crippen LogP) is 2.89. The van der Waals surface area contributed by atoms with Crippen molar-refractivity contribution in [2.45, 2.75) is 26.8 Å². The van der Waals surface area contributed by atoms with E-state index in [0.29, 0.717) is 29.2 Å². The van der Waals surface area contributed by atoms with Gasteiger partial charge < -0.3 is 23.9 Å². The van der Waals surface area contributed by atoms with Gasteiger partial charge in [-0.05, 0) is 36.2 Å². The van der Waals surface area contributed by atoms with Crippen molar-refractivity contribution >= 4 is 11.9 Å². The molecule has 1 aromatic heterocycles. The molecule has 0 aliphatic rings. The summed E-state index contributed by atoms with van der Waals surface area (Å²) in [5.74, 6) is 0.389. The van der Waals surface area contributed by atoms with Crippen LogP contribution in [0, 0.1) is 6.92 Å². The van der Waals surface area contributed by atoms with Crippen LogP contribution in [0.4, 0.5) is 0 Å². The summed E-state index contributed by atoms with van der Waals surface area (Å²) in [6.45, 7) is 3.42. The Morgan fingerprint density at radius 1 is 1.12 bits per heavy atom. The highest BCUT2D eigenvalue weighted by molar-refractivity contribution is 5.93. The molecule has 1 aromatic carbocycles. The summed E-state index contributed by atoms with van der Waals surface area (Å²) in [6.07, 6.45) is 0.658. The van der Waals surface area contributed by atoms with E-state index >= 15 is 0 Å². The van der Waals surface area contributed by atoms with Crippen molar-refractivity contribution < 1.29 is 28.6 Å². The number of aryl methyl sites for hydroxylation is 2. The lowest BCUT2D eigenvalue weighted by atomic mass is 10.1. The lowest BCUT2D eigenvalue weighted by molar-refractivity contribution is -0.137. The van der Waals surface area contributed by atoms with Crippen LogP contribution in [0.5, 0.6) is 11.5 Å². The van der Waals surface area contributed by atoms with Crippen LogP contribution >= 0.6 is 0 Å². The van der Waals surface area contributed by atoms with Gasteiger partial charge in [-0.1, -0.05) is 6.92 Å². The SMILES string of the molecule is CCc1oc(C(=O)N(CC(=O)O)Cc2cc(OC)cc(OC)c2)cc1C. The maximum Gasteiger partial charge on any atom is 0.323 e. The maximum atomic E-state index is 12.8. The van der Waals surface area contributed by atoms with E-state index in [4.69, 9.17) is 13.9 Å². The standard InChI is InChI=1S/C19H23NO6/c1-5-16-12(2)6-17(26-16)19(23)20(11-18(21)22)10-13-7-14(24-3)9-15(8-13)25-4/h6-9H,5,10-11H2,1-4H3,(H,21,22). The highest BCUT2D eigenvalue weighted by atomic mass is 16.5. The number of ether oxygens (including phenoxy) is 2. The molecule has 2 rings (SSSR count). The molecule has 0 bridgehead atoms. The number of methoxy groups -OCH3 is 2. The van der Waals surface area contributed by atoms with E-state index in [1.165, 1.54) is 19.1 Å². The summed E-state index contributed by atoms with van der Waals surface area (Å²) >= 11 is 0. The lowest BCUT2D eigenvalue weighted by Crippen LogP contribution is -2.35. The topological polar surface area (TPSA) is 89.2 Å². The van der Waals surface area contributed by atoms with Crippen LogP contribution in [-0.2, 0) is 17.8 Å². The van der Waals surface area contributed by atoms with Crippen LogP contribution in [0.25, 0.3) is 0 Å². The normalized spacial score (nSPS) is 10.5. The molecule has 2 aromatic rings. The number of rotatable bonds is 8. The second-order valence-electron chi connectivity index (χ2n) is 5.85. The van der Waals surface area contributed by atoms with Gasteiger partial charge in [0, 0.05) is 19.0 Å². The molecule has 140 valence electrons. The van der Waals surface area contributed by atoms with Gasteiger partial charge in [0.1, 0.15) is 23.8 Å². The first-order valence-electron chi connectivity index (χ1n) is 8.20. The Bertz CT molecular complexity index is 773. The minimum Gasteiger partial charge on any atom is -0.497 e. The maximum absolute atomic E-state index is 12.8. The molecule has 7 nitrogen and oxygen atoms in total. The van der Waals surface area contributed by atoms with E-state index in [-0.39, 0.29) is 12.3 Å². The van der Waals surface area contributed by atoms with Crippen LogP contribution in [-0.4, -0.2) is 42.6 Å². The minimum absolute atomic E-state index is 0.0832. The van der Waals surface area contributed by atoms with E-state index in [1.807, 2.05) is 13.8 Å². The Balaban J connectivity index is 2.32. The Morgan fingerprint density at radius 3 is 2.19 bits per heavy atom. The zero-order valence-electron chi connectivity index (χ0n) is 15.4. The molecule has 0 aliphatic carbocycles. The fourth-order valence-electron chi connectivity index (χ4n) is 2.67. The number of carbonyl (C=O) groups is 2. The van der Waals surface area contributed by atoms with Crippen molar-refractivity contribution in [1.29, 1.82) is 0 Å². The molecule has 26 heavy (non-hydrogen) atoms. The number of furan rings is 1. The van der Waals surface area contributed by atoms with Gasteiger partial charge in [0.05, 0.1) is 14.2 Å². The fraction of sp³-hybridized carbons (Fsp3) is 0.368. The number of hydrogen-bond acceptors (Lipinski definition) is 5. The average molecular weight is 361 g/mol. The van der Waals surface area contributed by atoms with E-state index in [1.54, 1.807) is 24.3 Å². The van der Waals surface area contributed by atoms with Gasteiger partial charge in [0.15, 0.2) is 5.76 Å². The number of carboxylic acid groups (broad SMARTS) is 1. The molecule has 7 heteroatoms. The Morgan fingerprint density at radius 2 is 1.73 bits per heavy atom. The monoisotopic (exact) mass is 361 g/mol. The Hall–Kier alpha value is -2.96. The highest BCUT2D eigenvalue weighted by Crippen LogP contribution is 2.24. The van der Waals surface area contributed by atoms with E-state index in [2.05, 4.69) is 0 Å². The van der Waals surface area contributed by atoms with Crippen molar-refractivity contribution in [3.8, 4) is 11.5 Å². The second-order valence-corrected chi connectivity index (χ2v) is 5.85. The lowest BCUT2D eigenvalue weighted by Gasteiger charge is -2.20. The van der Waals surface area contributed by atoms with Crippen LogP contribution in [0.2, 0.25) is 0 Å². The number of carbonyl (C=O) groups excluding carboxylic acids is 1. The molecule has 0 radical (unpaired) electrons. The number of aliphatic carboxylic acids is 1. The van der Waals surface area contributed by atoms with E-state index < -0.39 is 18.4 Å². The number of amides is 1. The third kappa shape index (κ3) is 4.56. The van der Waals surface area contributed by atoms with Gasteiger partial charge in [0.25, 0.3) is 5.91 Å².